The predicted octanol–water partition coefficient (Wildman–Crippen LogP) is 5.24. The summed E-state index contributed by atoms with van der Waals surface area (Å²) in [4.78, 5) is 13.0. The van der Waals surface area contributed by atoms with Crippen LogP contribution in [0, 0.1) is 5.41 Å². The molecule has 0 unspecified atom stereocenters. The van der Waals surface area contributed by atoms with Crippen LogP contribution in [-0.2, 0) is 14.2 Å². The average molecular weight is 407 g/mol. The number of benzene rings is 2. The Balaban J connectivity index is 1.71. The Hall–Kier alpha value is -2.53. The number of hydrogen-bond acceptors (Lipinski definition) is 4. The van der Waals surface area contributed by atoms with Gasteiger partial charge in [0.05, 0.1) is 39.6 Å². The number of carbonyl (C=O) groups excluding carboxylic acids is 1. The van der Waals surface area contributed by atoms with Crippen molar-refractivity contribution in [3.8, 4) is 0 Å². The van der Waals surface area contributed by atoms with Crippen LogP contribution in [-0.4, -0.2) is 45.4 Å². The van der Waals surface area contributed by atoms with E-state index in [1.165, 1.54) is 0 Å². The van der Waals surface area contributed by atoms with E-state index < -0.39 is 0 Å². The second-order valence-electron chi connectivity index (χ2n) is 7.70. The van der Waals surface area contributed by atoms with E-state index in [-0.39, 0.29) is 17.8 Å². The van der Waals surface area contributed by atoms with Gasteiger partial charge in [-0.05, 0) is 23.4 Å². The molecule has 3 rings (SSSR count). The Labute approximate surface area is 178 Å². The van der Waals surface area contributed by atoms with Crippen LogP contribution in [0.1, 0.15) is 29.3 Å². The summed E-state index contributed by atoms with van der Waals surface area (Å²) in [6.07, 6.45) is 6.25. The van der Waals surface area contributed by atoms with Crippen LogP contribution in [0.4, 0.5) is 0 Å². The summed E-state index contributed by atoms with van der Waals surface area (Å²) >= 11 is 0. The Morgan fingerprint density at radius 3 is 2.20 bits per heavy atom. The molecule has 2 aromatic carbocycles. The lowest BCUT2D eigenvalue weighted by Gasteiger charge is -2.32. The molecule has 0 bridgehead atoms. The van der Waals surface area contributed by atoms with Crippen molar-refractivity contribution in [2.24, 2.45) is 5.41 Å². The summed E-state index contributed by atoms with van der Waals surface area (Å²) in [6, 6.07) is 12.0. The van der Waals surface area contributed by atoms with Gasteiger partial charge in [-0.2, -0.15) is 0 Å². The Bertz CT molecular complexity index is 922. The Kier molecular flexibility index (Phi) is 7.75. The van der Waals surface area contributed by atoms with Gasteiger partial charge in [0.2, 0.25) is 0 Å². The van der Waals surface area contributed by atoms with Crippen LogP contribution in [0.15, 0.2) is 67.3 Å². The first-order valence-electron chi connectivity index (χ1n) is 10.4. The number of ether oxygens (including phenoxy) is 3. The molecule has 1 aliphatic carbocycles. The van der Waals surface area contributed by atoms with Gasteiger partial charge in [-0.15, -0.1) is 13.2 Å². The molecule has 4 heteroatoms. The summed E-state index contributed by atoms with van der Waals surface area (Å²) in [5.41, 5.74) is 2.19. The lowest BCUT2D eigenvalue weighted by molar-refractivity contribution is -0.0594. The molecule has 0 heterocycles. The van der Waals surface area contributed by atoms with Crippen LogP contribution in [0.3, 0.4) is 0 Å². The molecule has 0 saturated carbocycles. The van der Waals surface area contributed by atoms with Crippen molar-refractivity contribution in [2.75, 3.05) is 39.6 Å². The normalized spacial score (nSPS) is 13.4. The van der Waals surface area contributed by atoms with Crippen molar-refractivity contribution in [2.45, 2.75) is 13.3 Å². The highest BCUT2D eigenvalue weighted by Gasteiger charge is 2.30. The molecule has 0 amide bonds. The van der Waals surface area contributed by atoms with E-state index in [0.29, 0.717) is 38.6 Å². The van der Waals surface area contributed by atoms with Crippen molar-refractivity contribution >= 4 is 22.6 Å². The van der Waals surface area contributed by atoms with Crippen molar-refractivity contribution in [3.63, 3.8) is 0 Å². The van der Waals surface area contributed by atoms with Gasteiger partial charge >= 0.3 is 0 Å². The van der Waals surface area contributed by atoms with E-state index in [4.69, 9.17) is 14.2 Å². The van der Waals surface area contributed by atoms with Gasteiger partial charge in [0.15, 0.2) is 5.78 Å². The molecule has 2 aromatic rings. The first-order chi connectivity index (χ1) is 14.6. The number of ketones is 1. The zero-order valence-corrected chi connectivity index (χ0v) is 17.7. The smallest absolute Gasteiger partial charge is 0.192 e. The van der Waals surface area contributed by atoms with Gasteiger partial charge in [0.1, 0.15) is 0 Å². The Morgan fingerprint density at radius 1 is 0.933 bits per heavy atom. The van der Waals surface area contributed by atoms with E-state index >= 15 is 0 Å². The highest BCUT2D eigenvalue weighted by atomic mass is 16.5. The van der Waals surface area contributed by atoms with Gasteiger partial charge in [0.25, 0.3) is 0 Å². The topological polar surface area (TPSA) is 44.8 Å². The van der Waals surface area contributed by atoms with Gasteiger partial charge in [-0.3, -0.25) is 4.79 Å². The largest absolute Gasteiger partial charge is 0.377 e. The molecule has 0 fully saturated rings. The fourth-order valence-electron chi connectivity index (χ4n) is 3.74. The number of hydrogen-bond donors (Lipinski definition) is 0. The molecule has 0 N–H and O–H groups in total. The molecule has 0 radical (unpaired) electrons. The molecular weight excluding hydrogens is 376 g/mol. The first kappa shape index (κ1) is 22.2. The summed E-state index contributed by atoms with van der Waals surface area (Å²) in [6.45, 7) is 12.2. The molecule has 30 heavy (non-hydrogen) atoms. The summed E-state index contributed by atoms with van der Waals surface area (Å²) in [5, 5.41) is 2.10. The summed E-state index contributed by atoms with van der Waals surface area (Å²) in [5.74, 6) is 0.0345. The molecule has 0 atom stereocenters. The van der Waals surface area contributed by atoms with Gasteiger partial charge < -0.3 is 14.2 Å². The molecule has 4 nitrogen and oxygen atoms in total. The number of rotatable bonds is 13. The zero-order chi connectivity index (χ0) is 21.4. The molecule has 0 aliphatic heterocycles. The molecule has 158 valence electrons. The summed E-state index contributed by atoms with van der Waals surface area (Å²) < 4.78 is 17.5. The lowest BCUT2D eigenvalue weighted by Crippen LogP contribution is -2.37. The van der Waals surface area contributed by atoms with Gasteiger partial charge in [-0.1, -0.05) is 55.5 Å². The highest BCUT2D eigenvalue weighted by molar-refractivity contribution is 6.22. The minimum atomic E-state index is -0.289. The summed E-state index contributed by atoms with van der Waals surface area (Å²) in [7, 11) is 0. The molecule has 0 saturated heterocycles. The van der Waals surface area contributed by atoms with Crippen LogP contribution in [0.5, 0.6) is 0 Å². The maximum absolute atomic E-state index is 13.0. The monoisotopic (exact) mass is 406 g/mol. The van der Waals surface area contributed by atoms with Gasteiger partial charge in [0, 0.05) is 21.9 Å². The molecule has 0 spiro atoms. The van der Waals surface area contributed by atoms with E-state index in [0.717, 1.165) is 28.3 Å². The maximum Gasteiger partial charge on any atom is 0.192 e. The van der Waals surface area contributed by atoms with E-state index in [1.807, 2.05) is 42.5 Å². The van der Waals surface area contributed by atoms with Crippen LogP contribution >= 0.6 is 0 Å². The predicted molar refractivity (Wildman–Crippen MR) is 122 cm³/mol. The third-order valence-electron chi connectivity index (χ3n) is 5.51. The lowest BCUT2D eigenvalue weighted by atomic mass is 9.87. The van der Waals surface area contributed by atoms with E-state index in [9.17, 15) is 4.79 Å². The highest BCUT2D eigenvalue weighted by Crippen LogP contribution is 2.32. The van der Waals surface area contributed by atoms with Gasteiger partial charge in [-0.25, -0.2) is 0 Å². The zero-order valence-electron chi connectivity index (χ0n) is 17.7. The third-order valence-corrected chi connectivity index (χ3v) is 5.51. The van der Waals surface area contributed by atoms with Crippen molar-refractivity contribution in [1.29, 1.82) is 0 Å². The van der Waals surface area contributed by atoms with Crippen molar-refractivity contribution in [1.82, 2.24) is 0 Å². The van der Waals surface area contributed by atoms with Crippen molar-refractivity contribution in [3.05, 3.63) is 78.4 Å². The second kappa shape index (κ2) is 10.5. The average Bonchev–Trinajstić information content (AvgIpc) is 2.77. The number of carbonyl (C=O) groups is 1. The quantitative estimate of drug-likeness (QED) is 0.337. The van der Waals surface area contributed by atoms with Crippen LogP contribution in [0.25, 0.3) is 16.8 Å². The minimum absolute atomic E-state index is 0.0345. The Morgan fingerprint density at radius 2 is 1.57 bits per heavy atom. The fourth-order valence-corrected chi connectivity index (χ4v) is 3.74. The standard InChI is InChI=1S/C26H30O4/c1-4-13-28-17-26(6-3,18-29-14-5-2)19-30-16-22-15-21-11-7-9-20-10-8-12-23(24(20)21)25(22)27/h4-5,7-12,15H,1-2,6,13-14,16-19H2,3H3. The minimum Gasteiger partial charge on any atom is -0.377 e. The number of Topliss-reactive ketones (excluding diaryl/α,β-unsaturated/α-hetero) is 1. The van der Waals surface area contributed by atoms with Crippen molar-refractivity contribution < 1.29 is 19.0 Å². The van der Waals surface area contributed by atoms with Crippen LogP contribution in [0.2, 0.25) is 0 Å². The second-order valence-corrected chi connectivity index (χ2v) is 7.70. The first-order valence-corrected chi connectivity index (χ1v) is 10.4. The maximum atomic E-state index is 13.0. The third kappa shape index (κ3) is 4.96. The van der Waals surface area contributed by atoms with E-state index in [2.05, 4.69) is 20.1 Å². The molecular formula is C26H30O4. The molecule has 1 aliphatic rings. The molecule has 0 aromatic heterocycles. The fraction of sp³-hybridized carbons (Fsp3) is 0.346. The SMILES string of the molecule is C=CCOCC(CC)(COCC=C)COCC1=Cc2cccc3cccc(c23)C1=O. The van der Waals surface area contributed by atoms with Crippen LogP contribution < -0.4 is 0 Å². The van der Waals surface area contributed by atoms with E-state index in [1.54, 1.807) is 12.2 Å².